The molecule has 0 bridgehead atoms. The van der Waals surface area contributed by atoms with Crippen LogP contribution in [0.5, 0.6) is 5.75 Å². The van der Waals surface area contributed by atoms with Crippen LogP contribution in [-0.4, -0.2) is 48.0 Å². The molecule has 1 saturated heterocycles. The molecule has 0 aliphatic carbocycles. The van der Waals surface area contributed by atoms with Crippen LogP contribution in [0.1, 0.15) is 24.7 Å². The van der Waals surface area contributed by atoms with Crippen LogP contribution in [0, 0.1) is 0 Å². The molecule has 0 spiro atoms. The number of hydrogen-bond acceptors (Lipinski definition) is 7. The minimum absolute atomic E-state index is 0.0467. The molecule has 0 saturated carbocycles. The van der Waals surface area contributed by atoms with Gasteiger partial charge in [-0.3, -0.25) is 4.98 Å². The molecule has 28 heavy (non-hydrogen) atoms. The SMILES string of the molecule is COc1ccc(S(=O)(=O)N2CCC(c3nc(-c4ccncc4)no3)CC2)cc1. The molecule has 3 heterocycles. The van der Waals surface area contributed by atoms with Crippen LogP contribution in [0.25, 0.3) is 11.4 Å². The van der Waals surface area contributed by atoms with Crippen molar-refractivity contribution >= 4 is 10.0 Å². The zero-order chi connectivity index (χ0) is 19.6. The number of pyridine rings is 1. The maximum absolute atomic E-state index is 12.8. The molecule has 0 unspecified atom stereocenters. The Labute approximate surface area is 163 Å². The van der Waals surface area contributed by atoms with Crippen molar-refractivity contribution in [2.75, 3.05) is 20.2 Å². The molecule has 8 nitrogen and oxygen atoms in total. The van der Waals surface area contributed by atoms with Crippen molar-refractivity contribution in [1.29, 1.82) is 0 Å². The van der Waals surface area contributed by atoms with E-state index in [0.29, 0.717) is 43.4 Å². The Morgan fingerprint density at radius 3 is 2.39 bits per heavy atom. The van der Waals surface area contributed by atoms with Crippen molar-refractivity contribution in [2.45, 2.75) is 23.7 Å². The molecule has 3 aromatic rings. The molecule has 1 aliphatic heterocycles. The van der Waals surface area contributed by atoms with Crippen LogP contribution in [0.2, 0.25) is 0 Å². The number of hydrogen-bond donors (Lipinski definition) is 0. The van der Waals surface area contributed by atoms with E-state index in [9.17, 15) is 8.42 Å². The Morgan fingerprint density at radius 2 is 1.75 bits per heavy atom. The lowest BCUT2D eigenvalue weighted by Crippen LogP contribution is -2.37. The number of rotatable bonds is 5. The molecule has 1 fully saturated rings. The first kappa shape index (κ1) is 18.6. The number of sulfonamides is 1. The van der Waals surface area contributed by atoms with Gasteiger partial charge in [-0.1, -0.05) is 5.16 Å². The summed E-state index contributed by atoms with van der Waals surface area (Å²) in [4.78, 5) is 8.73. The van der Waals surface area contributed by atoms with Gasteiger partial charge < -0.3 is 9.26 Å². The molecule has 0 amide bonds. The first-order valence-corrected chi connectivity index (χ1v) is 10.4. The summed E-state index contributed by atoms with van der Waals surface area (Å²) in [7, 11) is -1.98. The lowest BCUT2D eigenvalue weighted by atomic mass is 9.98. The van der Waals surface area contributed by atoms with E-state index in [1.807, 2.05) is 12.1 Å². The van der Waals surface area contributed by atoms with Gasteiger partial charge in [-0.2, -0.15) is 9.29 Å². The molecule has 146 valence electrons. The summed E-state index contributed by atoms with van der Waals surface area (Å²) in [5, 5.41) is 4.04. The molecule has 1 aromatic carbocycles. The van der Waals surface area contributed by atoms with E-state index >= 15 is 0 Å². The standard InChI is InChI=1S/C19H20N4O4S/c1-26-16-2-4-17(5-3-16)28(24,25)23-12-8-15(9-13-23)19-21-18(22-27-19)14-6-10-20-11-7-14/h2-7,10-11,15H,8-9,12-13H2,1H3. The number of ether oxygens (including phenoxy) is 1. The summed E-state index contributed by atoms with van der Waals surface area (Å²) in [6.07, 6.45) is 4.61. The lowest BCUT2D eigenvalue weighted by Gasteiger charge is -2.29. The third-order valence-corrected chi connectivity index (χ3v) is 6.79. The smallest absolute Gasteiger partial charge is 0.243 e. The summed E-state index contributed by atoms with van der Waals surface area (Å²) in [5.41, 5.74) is 0.838. The number of nitrogens with zero attached hydrogens (tertiary/aromatic N) is 4. The highest BCUT2D eigenvalue weighted by Gasteiger charge is 2.32. The van der Waals surface area contributed by atoms with Gasteiger partial charge in [-0.05, 0) is 49.2 Å². The third-order valence-electron chi connectivity index (χ3n) is 4.88. The zero-order valence-electron chi connectivity index (χ0n) is 15.4. The number of aromatic nitrogens is 3. The second-order valence-corrected chi connectivity index (χ2v) is 8.48. The van der Waals surface area contributed by atoms with Crippen molar-refractivity contribution in [1.82, 2.24) is 19.4 Å². The topological polar surface area (TPSA) is 98.4 Å². The van der Waals surface area contributed by atoms with E-state index < -0.39 is 10.0 Å². The highest BCUT2D eigenvalue weighted by atomic mass is 32.2. The Morgan fingerprint density at radius 1 is 1.07 bits per heavy atom. The Bertz CT molecular complexity index is 1030. The van der Waals surface area contributed by atoms with E-state index in [4.69, 9.17) is 9.26 Å². The third kappa shape index (κ3) is 3.63. The highest BCUT2D eigenvalue weighted by Crippen LogP contribution is 2.31. The van der Waals surface area contributed by atoms with Crippen molar-refractivity contribution in [3.05, 3.63) is 54.7 Å². The van der Waals surface area contributed by atoms with Gasteiger partial charge in [0.15, 0.2) is 0 Å². The van der Waals surface area contributed by atoms with E-state index in [-0.39, 0.29) is 10.8 Å². The first-order valence-electron chi connectivity index (χ1n) is 8.96. The second kappa shape index (κ2) is 7.69. The number of methoxy groups -OCH3 is 1. The Balaban J connectivity index is 1.44. The Hall–Kier alpha value is -2.78. The van der Waals surface area contributed by atoms with Crippen LogP contribution in [0.15, 0.2) is 58.2 Å². The second-order valence-electron chi connectivity index (χ2n) is 6.55. The summed E-state index contributed by atoms with van der Waals surface area (Å²) in [6, 6.07) is 10.1. The average molecular weight is 400 g/mol. The minimum Gasteiger partial charge on any atom is -0.497 e. The molecule has 0 atom stereocenters. The van der Waals surface area contributed by atoms with Gasteiger partial charge in [0, 0.05) is 37.0 Å². The average Bonchev–Trinajstić information content (AvgIpc) is 3.25. The van der Waals surface area contributed by atoms with Crippen molar-refractivity contribution in [3.63, 3.8) is 0 Å². The number of piperidine rings is 1. The number of benzene rings is 1. The van der Waals surface area contributed by atoms with E-state index in [1.165, 1.54) is 4.31 Å². The molecular weight excluding hydrogens is 380 g/mol. The van der Waals surface area contributed by atoms with Gasteiger partial charge in [-0.25, -0.2) is 8.42 Å². The van der Waals surface area contributed by atoms with Crippen molar-refractivity contribution in [2.24, 2.45) is 0 Å². The zero-order valence-corrected chi connectivity index (χ0v) is 16.2. The van der Waals surface area contributed by atoms with Gasteiger partial charge in [-0.15, -0.1) is 0 Å². The van der Waals surface area contributed by atoms with E-state index in [2.05, 4.69) is 15.1 Å². The fraction of sp³-hybridized carbons (Fsp3) is 0.316. The maximum Gasteiger partial charge on any atom is 0.243 e. The van der Waals surface area contributed by atoms with Gasteiger partial charge in [0.2, 0.25) is 21.7 Å². The predicted octanol–water partition coefficient (Wildman–Crippen LogP) is 2.71. The van der Waals surface area contributed by atoms with Crippen LogP contribution >= 0.6 is 0 Å². The van der Waals surface area contributed by atoms with Crippen LogP contribution in [-0.2, 0) is 10.0 Å². The quantitative estimate of drug-likeness (QED) is 0.649. The van der Waals surface area contributed by atoms with E-state index in [1.54, 1.807) is 43.8 Å². The first-order chi connectivity index (χ1) is 13.6. The van der Waals surface area contributed by atoms with Crippen LogP contribution in [0.4, 0.5) is 0 Å². The maximum atomic E-state index is 12.8. The summed E-state index contributed by atoms with van der Waals surface area (Å²) in [6.45, 7) is 0.817. The monoisotopic (exact) mass is 400 g/mol. The molecule has 9 heteroatoms. The summed E-state index contributed by atoms with van der Waals surface area (Å²) < 4.78 is 37.7. The Kier molecular flexibility index (Phi) is 5.10. The molecule has 4 rings (SSSR count). The van der Waals surface area contributed by atoms with Gasteiger partial charge >= 0.3 is 0 Å². The fourth-order valence-corrected chi connectivity index (χ4v) is 4.73. The highest BCUT2D eigenvalue weighted by molar-refractivity contribution is 7.89. The van der Waals surface area contributed by atoms with Gasteiger partial charge in [0.05, 0.1) is 12.0 Å². The van der Waals surface area contributed by atoms with Crippen molar-refractivity contribution < 1.29 is 17.7 Å². The molecule has 1 aliphatic rings. The summed E-state index contributed by atoms with van der Waals surface area (Å²) >= 11 is 0. The molecule has 2 aromatic heterocycles. The molecule has 0 N–H and O–H groups in total. The largest absolute Gasteiger partial charge is 0.497 e. The summed E-state index contributed by atoms with van der Waals surface area (Å²) in [5.74, 6) is 1.74. The van der Waals surface area contributed by atoms with Gasteiger partial charge in [0.25, 0.3) is 0 Å². The molecule has 0 radical (unpaired) electrons. The van der Waals surface area contributed by atoms with Gasteiger partial charge in [0.1, 0.15) is 5.75 Å². The predicted molar refractivity (Wildman–Crippen MR) is 101 cm³/mol. The molecular formula is C19H20N4O4S. The van der Waals surface area contributed by atoms with Crippen molar-refractivity contribution in [3.8, 4) is 17.1 Å². The normalized spacial score (nSPS) is 16.2. The van der Waals surface area contributed by atoms with Crippen LogP contribution < -0.4 is 4.74 Å². The minimum atomic E-state index is -3.53. The van der Waals surface area contributed by atoms with E-state index in [0.717, 1.165) is 5.56 Å². The van der Waals surface area contributed by atoms with Crippen LogP contribution in [0.3, 0.4) is 0 Å². The lowest BCUT2D eigenvalue weighted by molar-refractivity contribution is 0.271. The fourth-order valence-electron chi connectivity index (χ4n) is 3.26.